The number of hydrogen-bond acceptors (Lipinski definition) is 3. The number of anilines is 1. The number of hydrogen-bond donors (Lipinski definition) is 3. The van der Waals surface area contributed by atoms with Crippen LogP contribution in [0.15, 0.2) is 24.3 Å². The molecule has 4 nitrogen and oxygen atoms in total. The molecular weight excluding hydrogens is 254 g/mol. The molecule has 1 aliphatic rings. The van der Waals surface area contributed by atoms with Crippen LogP contribution in [0, 0.1) is 0 Å². The van der Waals surface area contributed by atoms with E-state index in [2.05, 4.69) is 10.6 Å². The number of fused-ring (bicyclic) bond motifs is 1. The summed E-state index contributed by atoms with van der Waals surface area (Å²) in [7, 11) is 0. The van der Waals surface area contributed by atoms with Crippen molar-refractivity contribution in [3.63, 3.8) is 0 Å². The van der Waals surface area contributed by atoms with Gasteiger partial charge < -0.3 is 15.7 Å². The fraction of sp³-hybridized carbons (Fsp3) is 0.462. The van der Waals surface area contributed by atoms with Crippen molar-refractivity contribution >= 4 is 11.6 Å². The summed E-state index contributed by atoms with van der Waals surface area (Å²) in [6.45, 7) is 0.239. The number of carbonyl (C=O) groups excluding carboxylic acids is 1. The normalized spacial score (nSPS) is 18.8. The van der Waals surface area contributed by atoms with Crippen LogP contribution in [0.5, 0.6) is 0 Å². The Kier molecular flexibility index (Phi) is 4.31. The second-order valence-corrected chi connectivity index (χ2v) is 4.58. The van der Waals surface area contributed by atoms with E-state index < -0.39 is 19.1 Å². The number of alkyl halides is 2. The lowest BCUT2D eigenvalue weighted by molar-refractivity contribution is -0.122. The van der Waals surface area contributed by atoms with Crippen molar-refractivity contribution in [3.05, 3.63) is 29.8 Å². The van der Waals surface area contributed by atoms with E-state index in [1.54, 1.807) is 0 Å². The number of halogens is 2. The van der Waals surface area contributed by atoms with E-state index in [4.69, 9.17) is 5.11 Å². The quantitative estimate of drug-likeness (QED) is 0.756. The first kappa shape index (κ1) is 13.7. The molecule has 1 heterocycles. The van der Waals surface area contributed by atoms with Crippen LogP contribution in [0.2, 0.25) is 0 Å². The van der Waals surface area contributed by atoms with Gasteiger partial charge in [-0.1, -0.05) is 18.2 Å². The average molecular weight is 270 g/mol. The predicted molar refractivity (Wildman–Crippen MR) is 67.3 cm³/mol. The van der Waals surface area contributed by atoms with Crippen molar-refractivity contribution in [2.45, 2.75) is 24.9 Å². The van der Waals surface area contributed by atoms with E-state index >= 15 is 0 Å². The van der Waals surface area contributed by atoms with Gasteiger partial charge in [-0.05, 0) is 11.6 Å². The topological polar surface area (TPSA) is 61.4 Å². The monoisotopic (exact) mass is 270 g/mol. The first-order valence-corrected chi connectivity index (χ1v) is 6.13. The minimum Gasteiger partial charge on any atom is -0.385 e. The molecule has 0 radical (unpaired) electrons. The van der Waals surface area contributed by atoms with E-state index in [1.807, 2.05) is 24.3 Å². The zero-order valence-corrected chi connectivity index (χ0v) is 10.3. The summed E-state index contributed by atoms with van der Waals surface area (Å²) < 4.78 is 24.1. The van der Waals surface area contributed by atoms with Gasteiger partial charge in [-0.3, -0.25) is 4.79 Å². The Morgan fingerprint density at radius 2 is 2.21 bits per heavy atom. The van der Waals surface area contributed by atoms with Crippen LogP contribution in [0.4, 0.5) is 14.5 Å². The fourth-order valence-electron chi connectivity index (χ4n) is 2.14. The molecule has 2 atom stereocenters. The number of carbonyl (C=O) groups is 1. The molecule has 3 N–H and O–H groups in total. The van der Waals surface area contributed by atoms with Crippen LogP contribution in [-0.4, -0.2) is 36.6 Å². The molecule has 1 amide bonds. The summed E-state index contributed by atoms with van der Waals surface area (Å²) >= 11 is 0. The van der Waals surface area contributed by atoms with Gasteiger partial charge in [-0.2, -0.15) is 0 Å². The Hall–Kier alpha value is -1.69. The van der Waals surface area contributed by atoms with E-state index in [0.29, 0.717) is 6.54 Å². The molecule has 104 valence electrons. The number of para-hydroxylation sites is 1. The fourth-order valence-corrected chi connectivity index (χ4v) is 2.14. The van der Waals surface area contributed by atoms with Gasteiger partial charge in [0.1, 0.15) is 6.10 Å². The number of amides is 1. The molecule has 0 spiro atoms. The second kappa shape index (κ2) is 5.97. The highest BCUT2D eigenvalue weighted by atomic mass is 19.3. The van der Waals surface area contributed by atoms with Crippen molar-refractivity contribution < 1.29 is 18.7 Å². The van der Waals surface area contributed by atoms with Crippen molar-refractivity contribution in [1.29, 1.82) is 0 Å². The van der Waals surface area contributed by atoms with Crippen LogP contribution < -0.4 is 10.6 Å². The van der Waals surface area contributed by atoms with E-state index in [-0.39, 0.29) is 18.2 Å². The molecule has 19 heavy (non-hydrogen) atoms. The summed E-state index contributed by atoms with van der Waals surface area (Å²) in [5.74, 6) is -0.289. The van der Waals surface area contributed by atoms with Gasteiger partial charge in [0, 0.05) is 31.1 Å². The highest BCUT2D eigenvalue weighted by Gasteiger charge is 2.24. The van der Waals surface area contributed by atoms with E-state index in [1.165, 1.54) is 0 Å². The molecule has 2 unspecified atom stereocenters. The van der Waals surface area contributed by atoms with Crippen molar-refractivity contribution in [2.75, 3.05) is 18.4 Å². The molecule has 1 aliphatic heterocycles. The van der Waals surface area contributed by atoms with Crippen LogP contribution in [0.1, 0.15) is 17.9 Å². The highest BCUT2D eigenvalue weighted by molar-refractivity contribution is 5.78. The van der Waals surface area contributed by atoms with Crippen molar-refractivity contribution in [1.82, 2.24) is 5.32 Å². The van der Waals surface area contributed by atoms with Crippen molar-refractivity contribution in [2.24, 2.45) is 0 Å². The molecule has 0 aromatic heterocycles. The summed E-state index contributed by atoms with van der Waals surface area (Å²) in [5.41, 5.74) is 2.07. The lowest BCUT2D eigenvalue weighted by Gasteiger charge is -2.13. The van der Waals surface area contributed by atoms with E-state index in [0.717, 1.165) is 11.3 Å². The van der Waals surface area contributed by atoms with Gasteiger partial charge >= 0.3 is 0 Å². The summed E-state index contributed by atoms with van der Waals surface area (Å²) in [6, 6.07) is 7.69. The Labute approximate surface area is 109 Å². The second-order valence-electron chi connectivity index (χ2n) is 4.58. The Morgan fingerprint density at radius 3 is 2.95 bits per heavy atom. The molecule has 0 aliphatic carbocycles. The molecule has 0 saturated carbocycles. The molecule has 1 aromatic rings. The maximum Gasteiger partial charge on any atom is 0.265 e. The Balaban J connectivity index is 1.84. The Bertz CT molecular complexity index is 454. The summed E-state index contributed by atoms with van der Waals surface area (Å²) in [4.78, 5) is 11.6. The standard InChI is InChI=1S/C13H16F2N2O2/c14-13(15)11(18)7-17-12(19)5-8-6-16-10-4-2-1-3-9(8)10/h1-4,8,11,13,16,18H,5-7H2,(H,17,19). The highest BCUT2D eigenvalue weighted by Crippen LogP contribution is 2.32. The van der Waals surface area contributed by atoms with Crippen LogP contribution in [0.25, 0.3) is 0 Å². The van der Waals surface area contributed by atoms with Crippen LogP contribution in [0.3, 0.4) is 0 Å². The van der Waals surface area contributed by atoms with Gasteiger partial charge in [0.15, 0.2) is 0 Å². The predicted octanol–water partition coefficient (Wildman–Crippen LogP) is 1.33. The Morgan fingerprint density at radius 1 is 1.47 bits per heavy atom. The summed E-state index contributed by atoms with van der Waals surface area (Å²) in [5, 5.41) is 14.4. The smallest absolute Gasteiger partial charge is 0.265 e. The van der Waals surface area contributed by atoms with Gasteiger partial charge in [-0.15, -0.1) is 0 Å². The minimum atomic E-state index is -2.84. The molecule has 2 rings (SSSR count). The number of rotatable bonds is 5. The number of benzene rings is 1. The maximum absolute atomic E-state index is 12.1. The number of aliphatic hydroxyl groups is 1. The lowest BCUT2D eigenvalue weighted by Crippen LogP contribution is -2.36. The zero-order valence-electron chi connectivity index (χ0n) is 10.3. The third-order valence-electron chi connectivity index (χ3n) is 3.17. The maximum atomic E-state index is 12.1. The van der Waals surface area contributed by atoms with Gasteiger partial charge in [0.25, 0.3) is 6.43 Å². The lowest BCUT2D eigenvalue weighted by atomic mass is 9.97. The molecule has 1 aromatic carbocycles. The van der Waals surface area contributed by atoms with E-state index in [9.17, 15) is 13.6 Å². The third-order valence-corrected chi connectivity index (χ3v) is 3.17. The molecule has 6 heteroatoms. The number of nitrogens with one attached hydrogen (secondary N) is 2. The van der Waals surface area contributed by atoms with Crippen molar-refractivity contribution in [3.8, 4) is 0 Å². The van der Waals surface area contributed by atoms with Gasteiger partial charge in [0.05, 0.1) is 0 Å². The SMILES string of the molecule is O=C(CC1CNc2ccccc21)NCC(O)C(F)F. The third kappa shape index (κ3) is 3.41. The first-order valence-electron chi connectivity index (χ1n) is 6.13. The van der Waals surface area contributed by atoms with Gasteiger partial charge in [-0.25, -0.2) is 8.78 Å². The largest absolute Gasteiger partial charge is 0.385 e. The first-order chi connectivity index (χ1) is 9.08. The molecule has 0 saturated heterocycles. The zero-order chi connectivity index (χ0) is 13.8. The molecule has 0 bridgehead atoms. The van der Waals surface area contributed by atoms with Crippen LogP contribution in [-0.2, 0) is 4.79 Å². The van der Waals surface area contributed by atoms with Gasteiger partial charge in [0.2, 0.25) is 5.91 Å². The van der Waals surface area contributed by atoms with Crippen LogP contribution >= 0.6 is 0 Å². The average Bonchev–Trinajstić information content (AvgIpc) is 2.79. The minimum absolute atomic E-state index is 0.0416. The number of aliphatic hydroxyl groups excluding tert-OH is 1. The molecule has 0 fully saturated rings. The summed E-state index contributed by atoms with van der Waals surface area (Å²) in [6.07, 6.45) is -4.42. The molecular formula is C13H16F2N2O2.